The number of benzene rings is 1. The van der Waals surface area contributed by atoms with Gasteiger partial charge in [-0.05, 0) is 63.4 Å². The number of rotatable bonds is 5. The molecule has 0 saturated carbocycles. The Kier molecular flexibility index (Phi) is 5.97. The first-order valence-electron chi connectivity index (χ1n) is 10.5. The molecule has 32 heavy (non-hydrogen) atoms. The summed E-state index contributed by atoms with van der Waals surface area (Å²) in [5, 5.41) is 3.24. The number of nitrogens with zero attached hydrogens (tertiary/aromatic N) is 1. The normalized spacial score (nSPS) is 19.8. The third-order valence-corrected chi connectivity index (χ3v) is 7.11. The number of fused-ring (bicyclic) bond motifs is 1. The second-order valence-electron chi connectivity index (χ2n) is 7.88. The summed E-state index contributed by atoms with van der Waals surface area (Å²) >= 11 is 1.32. The fourth-order valence-corrected chi connectivity index (χ4v) is 5.20. The average molecular weight is 453 g/mol. The highest BCUT2D eigenvalue weighted by molar-refractivity contribution is 7.16. The lowest BCUT2D eigenvalue weighted by atomic mass is 9.85. The second kappa shape index (κ2) is 8.70. The molecule has 7 nitrogen and oxygen atoms in total. The number of hydrogen-bond acceptors (Lipinski definition) is 6. The zero-order valence-corrected chi connectivity index (χ0v) is 19.0. The lowest BCUT2D eigenvalue weighted by Crippen LogP contribution is -2.30. The van der Waals surface area contributed by atoms with E-state index in [1.54, 1.807) is 31.2 Å². The quantitative estimate of drug-likeness (QED) is 0.416. The van der Waals surface area contributed by atoms with Gasteiger partial charge in [0.1, 0.15) is 5.00 Å². The Morgan fingerprint density at radius 3 is 2.22 bits per heavy atom. The number of anilines is 2. The van der Waals surface area contributed by atoms with Crippen LogP contribution < -0.4 is 10.2 Å². The lowest BCUT2D eigenvalue weighted by Gasteiger charge is -2.15. The van der Waals surface area contributed by atoms with E-state index in [0.29, 0.717) is 34.7 Å². The smallest absolute Gasteiger partial charge is 0.341 e. The van der Waals surface area contributed by atoms with Crippen LogP contribution >= 0.6 is 11.3 Å². The van der Waals surface area contributed by atoms with Gasteiger partial charge in [-0.3, -0.25) is 19.3 Å². The van der Waals surface area contributed by atoms with Gasteiger partial charge in [0.25, 0.3) is 5.91 Å². The summed E-state index contributed by atoms with van der Waals surface area (Å²) in [5.41, 5.74) is 1.95. The van der Waals surface area contributed by atoms with E-state index in [2.05, 4.69) is 5.32 Å². The number of thiophene rings is 1. The molecule has 166 valence electrons. The molecule has 1 aliphatic heterocycles. The minimum absolute atomic E-state index is 0.190. The predicted octanol–water partition coefficient (Wildman–Crippen LogP) is 4.25. The van der Waals surface area contributed by atoms with Crippen LogP contribution in [0, 0.1) is 25.7 Å². The van der Waals surface area contributed by atoms with Crippen LogP contribution in [0.5, 0.6) is 0 Å². The number of amides is 3. The van der Waals surface area contributed by atoms with Gasteiger partial charge in [0, 0.05) is 10.4 Å². The molecule has 1 N–H and O–H groups in total. The zero-order valence-electron chi connectivity index (χ0n) is 18.1. The summed E-state index contributed by atoms with van der Waals surface area (Å²) in [6, 6.07) is 6.35. The lowest BCUT2D eigenvalue weighted by molar-refractivity contribution is -0.122. The van der Waals surface area contributed by atoms with Crippen LogP contribution in [-0.4, -0.2) is 30.3 Å². The minimum atomic E-state index is -0.470. The van der Waals surface area contributed by atoms with Crippen molar-refractivity contribution in [3.05, 3.63) is 58.0 Å². The van der Waals surface area contributed by atoms with E-state index in [1.807, 2.05) is 26.0 Å². The van der Waals surface area contributed by atoms with Crippen molar-refractivity contribution in [2.45, 2.75) is 33.6 Å². The fraction of sp³-hybridized carbons (Fsp3) is 0.333. The molecule has 8 heteroatoms. The van der Waals surface area contributed by atoms with Crippen molar-refractivity contribution in [1.29, 1.82) is 0 Å². The van der Waals surface area contributed by atoms with Crippen molar-refractivity contribution in [2.75, 3.05) is 16.8 Å². The van der Waals surface area contributed by atoms with Crippen molar-refractivity contribution < 1.29 is 23.9 Å². The highest BCUT2D eigenvalue weighted by atomic mass is 32.1. The molecule has 2 aromatic rings. The first-order valence-corrected chi connectivity index (χ1v) is 11.4. The summed E-state index contributed by atoms with van der Waals surface area (Å²) in [6.07, 6.45) is 5.05. The van der Waals surface area contributed by atoms with Crippen LogP contribution in [0.2, 0.25) is 0 Å². The largest absolute Gasteiger partial charge is 0.462 e. The Morgan fingerprint density at radius 1 is 1.06 bits per heavy atom. The predicted molar refractivity (Wildman–Crippen MR) is 122 cm³/mol. The maximum atomic E-state index is 12.8. The molecule has 0 bridgehead atoms. The van der Waals surface area contributed by atoms with E-state index in [-0.39, 0.29) is 36.2 Å². The average Bonchev–Trinajstić information content (AvgIpc) is 3.21. The van der Waals surface area contributed by atoms with Gasteiger partial charge in [0.05, 0.1) is 29.7 Å². The van der Waals surface area contributed by atoms with Gasteiger partial charge in [-0.1, -0.05) is 12.2 Å². The molecule has 2 heterocycles. The Morgan fingerprint density at radius 2 is 1.66 bits per heavy atom. The van der Waals surface area contributed by atoms with Crippen LogP contribution in [0.25, 0.3) is 0 Å². The number of carbonyl (C=O) groups excluding carboxylic acids is 4. The minimum Gasteiger partial charge on any atom is -0.462 e. The van der Waals surface area contributed by atoms with Gasteiger partial charge < -0.3 is 10.1 Å². The molecule has 1 saturated heterocycles. The van der Waals surface area contributed by atoms with Gasteiger partial charge in [0.2, 0.25) is 11.8 Å². The summed E-state index contributed by atoms with van der Waals surface area (Å²) in [4.78, 5) is 52.8. The number of aryl methyl sites for hydroxylation is 1. The highest BCUT2D eigenvalue weighted by Gasteiger charge is 2.47. The molecule has 1 aromatic carbocycles. The standard InChI is InChI=1S/C24H24N2O5S/c1-4-31-24(30)19-13(2)14(3)32-21(19)25-20(27)15-9-11-16(12-10-15)26-22(28)17-7-5-6-8-18(17)23(26)29/h5-6,9-12,17-18H,4,7-8H2,1-3H3,(H,25,27). The number of imide groups is 1. The number of hydrogen-bond donors (Lipinski definition) is 1. The second-order valence-corrected chi connectivity index (χ2v) is 9.10. The molecule has 1 aromatic heterocycles. The van der Waals surface area contributed by atoms with Crippen molar-refractivity contribution in [3.63, 3.8) is 0 Å². The molecule has 1 aliphatic carbocycles. The Labute approximate surface area is 190 Å². The number of nitrogens with one attached hydrogen (secondary N) is 1. The van der Waals surface area contributed by atoms with Crippen molar-refractivity contribution in [1.82, 2.24) is 0 Å². The Balaban J connectivity index is 1.53. The van der Waals surface area contributed by atoms with Gasteiger partial charge in [0.15, 0.2) is 0 Å². The molecule has 0 radical (unpaired) electrons. The summed E-state index contributed by atoms with van der Waals surface area (Å²) < 4.78 is 5.13. The van der Waals surface area contributed by atoms with Crippen LogP contribution in [0.15, 0.2) is 36.4 Å². The molecule has 2 aliphatic rings. The molecule has 4 rings (SSSR count). The summed E-state index contributed by atoms with van der Waals surface area (Å²) in [6.45, 7) is 5.67. The first kappa shape index (κ1) is 22.0. The fourth-order valence-electron chi connectivity index (χ4n) is 4.16. The van der Waals surface area contributed by atoms with Crippen molar-refractivity contribution >= 4 is 45.7 Å². The Bertz CT molecular complexity index is 1110. The molecule has 3 amide bonds. The number of esters is 1. The molecule has 2 unspecified atom stereocenters. The molecule has 0 spiro atoms. The van der Waals surface area contributed by atoms with Gasteiger partial charge in [-0.25, -0.2) is 4.79 Å². The number of allylic oxidation sites excluding steroid dienone is 2. The van der Waals surface area contributed by atoms with Crippen molar-refractivity contribution in [2.24, 2.45) is 11.8 Å². The van der Waals surface area contributed by atoms with E-state index in [9.17, 15) is 19.2 Å². The number of ether oxygens (including phenoxy) is 1. The molecule has 2 atom stereocenters. The number of carbonyl (C=O) groups is 4. The third kappa shape index (κ3) is 3.75. The SMILES string of the molecule is CCOC(=O)c1c(NC(=O)c2ccc(N3C(=O)C4CC=CCC4C3=O)cc2)sc(C)c1C. The van der Waals surface area contributed by atoms with E-state index in [0.717, 1.165) is 10.4 Å². The van der Waals surface area contributed by atoms with Gasteiger partial charge in [-0.15, -0.1) is 11.3 Å². The summed E-state index contributed by atoms with van der Waals surface area (Å²) in [7, 11) is 0. The Hall–Kier alpha value is -3.26. The van der Waals surface area contributed by atoms with E-state index >= 15 is 0 Å². The topological polar surface area (TPSA) is 92.8 Å². The van der Waals surface area contributed by atoms with E-state index in [4.69, 9.17) is 4.74 Å². The van der Waals surface area contributed by atoms with E-state index in [1.165, 1.54) is 16.2 Å². The van der Waals surface area contributed by atoms with Crippen LogP contribution in [0.1, 0.15) is 50.9 Å². The highest BCUT2D eigenvalue weighted by Crippen LogP contribution is 2.38. The summed E-state index contributed by atoms with van der Waals surface area (Å²) in [5.74, 6) is -1.85. The van der Waals surface area contributed by atoms with Crippen LogP contribution in [-0.2, 0) is 14.3 Å². The zero-order chi connectivity index (χ0) is 23.0. The third-order valence-electron chi connectivity index (χ3n) is 5.99. The van der Waals surface area contributed by atoms with Crippen LogP contribution in [0.4, 0.5) is 10.7 Å². The molecule has 1 fully saturated rings. The first-order chi connectivity index (χ1) is 15.3. The van der Waals surface area contributed by atoms with Crippen LogP contribution in [0.3, 0.4) is 0 Å². The molecular formula is C24H24N2O5S. The maximum absolute atomic E-state index is 12.8. The molecular weight excluding hydrogens is 428 g/mol. The van der Waals surface area contributed by atoms with Gasteiger partial charge in [-0.2, -0.15) is 0 Å². The monoisotopic (exact) mass is 452 g/mol. The maximum Gasteiger partial charge on any atom is 0.341 e. The van der Waals surface area contributed by atoms with E-state index < -0.39 is 5.97 Å². The van der Waals surface area contributed by atoms with Gasteiger partial charge >= 0.3 is 5.97 Å². The van der Waals surface area contributed by atoms with Crippen molar-refractivity contribution in [3.8, 4) is 0 Å².